The second-order valence-corrected chi connectivity index (χ2v) is 14.2. The van der Waals surface area contributed by atoms with E-state index in [0.29, 0.717) is 17.8 Å². The summed E-state index contributed by atoms with van der Waals surface area (Å²) in [7, 11) is 0. The largest absolute Gasteiger partial charge is 0.440 e. The molecule has 2 aromatic carbocycles. The Morgan fingerprint density at radius 1 is 0.750 bits per heavy atom. The SMILES string of the molecule is CC(C)(C)c1cc([CH]=[Co]2[NH]C3CCCCC3[NH]2)c(O)c(C(C)(C)c2ccccc2)c1.OC(F)(F)C(F)(C(F)(F)F)C(F)(F)F. The zero-order chi connectivity index (χ0) is 33.5. The minimum atomic E-state index is -6.97. The van der Waals surface area contributed by atoms with Gasteiger partial charge < -0.3 is 5.11 Å². The minimum absolute atomic E-state index is 0.00925. The number of hydrogen-bond donors (Lipinski definition) is 4. The van der Waals surface area contributed by atoms with E-state index in [1.54, 1.807) is 0 Å². The first-order chi connectivity index (χ1) is 19.9. The molecule has 0 bridgehead atoms. The summed E-state index contributed by atoms with van der Waals surface area (Å²) in [4.78, 5) is 2.25. The van der Waals surface area contributed by atoms with Crippen LogP contribution in [0, 0.1) is 0 Å². The number of hydrogen-bond acceptors (Lipinski definition) is 4. The summed E-state index contributed by atoms with van der Waals surface area (Å²) >= 11 is -0.598. The maximum absolute atomic E-state index is 12.1. The van der Waals surface area contributed by atoms with Crippen molar-refractivity contribution in [2.75, 3.05) is 0 Å². The van der Waals surface area contributed by atoms with E-state index in [-0.39, 0.29) is 10.8 Å². The van der Waals surface area contributed by atoms with Gasteiger partial charge in [0.25, 0.3) is 0 Å². The van der Waals surface area contributed by atoms with Crippen LogP contribution in [0.3, 0.4) is 0 Å². The van der Waals surface area contributed by atoms with Crippen molar-refractivity contribution >= 4 is 4.96 Å². The quantitative estimate of drug-likeness (QED) is 0.251. The van der Waals surface area contributed by atoms with Crippen LogP contribution in [-0.4, -0.2) is 51.4 Å². The summed E-state index contributed by atoms with van der Waals surface area (Å²) in [6.45, 7) is 11.1. The zero-order valence-electron chi connectivity index (χ0n) is 24.7. The molecule has 2 fully saturated rings. The molecular weight excluding hydrogens is 650 g/mol. The molecule has 0 aromatic heterocycles. The summed E-state index contributed by atoms with van der Waals surface area (Å²) in [5, 5.41) is 18.7. The van der Waals surface area contributed by atoms with E-state index in [4.69, 9.17) is 5.11 Å². The average Bonchev–Trinajstić information content (AvgIpc) is 3.30. The molecular formula is C30H37CoF9N2O2. The van der Waals surface area contributed by atoms with Crippen LogP contribution >= 0.6 is 0 Å². The summed E-state index contributed by atoms with van der Waals surface area (Å²) in [6.07, 6.45) is -15.4. The Balaban J connectivity index is 0.000000321. The molecule has 44 heavy (non-hydrogen) atoms. The van der Waals surface area contributed by atoms with E-state index >= 15 is 0 Å². The maximum Gasteiger partial charge on any atom is 0.440 e. The Kier molecular flexibility index (Phi) is 10.4. The number of benzene rings is 2. The Hall–Kier alpha value is -2.13. The topological polar surface area (TPSA) is 64.5 Å². The van der Waals surface area contributed by atoms with E-state index in [1.807, 2.05) is 6.07 Å². The van der Waals surface area contributed by atoms with Crippen LogP contribution in [0.1, 0.15) is 82.6 Å². The standard InChI is InChI=1S/C20H24O.C6H12N2.C4HF9O.Co/c1-14-12-16(19(2,3)4)13-17(18(14)21)20(5,6)15-10-8-7-9-11-15;7-5-3-1-2-4-6(5)8;5-1(2(6,7)8,3(9,10)11)4(12,13)14;/h1,7-13,21H,2-6H3;5-8H,1-4H2;14H;/q;-2;;+2. The predicted molar refractivity (Wildman–Crippen MR) is 146 cm³/mol. The fourth-order valence-electron chi connectivity index (χ4n) is 4.97. The van der Waals surface area contributed by atoms with Gasteiger partial charge in [-0.3, -0.25) is 0 Å². The van der Waals surface area contributed by atoms with Crippen LogP contribution in [0.15, 0.2) is 42.5 Å². The second kappa shape index (κ2) is 12.6. The number of nitrogens with one attached hydrogen (secondary N) is 2. The van der Waals surface area contributed by atoms with Gasteiger partial charge in [0, 0.05) is 0 Å². The van der Waals surface area contributed by atoms with E-state index < -0.39 is 37.8 Å². The Labute approximate surface area is 254 Å². The molecule has 1 aliphatic carbocycles. The van der Waals surface area contributed by atoms with Gasteiger partial charge in [-0.2, -0.15) is 35.1 Å². The number of halogens is 9. The molecule has 0 amide bonds. The van der Waals surface area contributed by atoms with Gasteiger partial charge in [0.05, 0.1) is 0 Å². The minimum Gasteiger partial charge on any atom is -0.333 e. The summed E-state index contributed by atoms with van der Waals surface area (Å²) in [5.41, 5.74) is -2.82. The number of alkyl halides is 9. The molecule has 2 atom stereocenters. The van der Waals surface area contributed by atoms with Crippen LogP contribution < -0.4 is 8.73 Å². The molecule has 1 aliphatic heterocycles. The molecule has 1 saturated heterocycles. The van der Waals surface area contributed by atoms with E-state index in [2.05, 4.69) is 84.7 Å². The van der Waals surface area contributed by atoms with Crippen molar-refractivity contribution in [1.82, 2.24) is 8.73 Å². The monoisotopic (exact) mass is 687 g/mol. The maximum atomic E-state index is 12.1. The van der Waals surface area contributed by atoms with Crippen molar-refractivity contribution in [2.45, 2.75) is 107 Å². The van der Waals surface area contributed by atoms with Crippen molar-refractivity contribution < 1.29 is 63.4 Å². The van der Waals surface area contributed by atoms with E-state index in [9.17, 15) is 44.6 Å². The number of phenols is 1. The molecule has 251 valence electrons. The van der Waals surface area contributed by atoms with E-state index in [1.165, 1.54) is 36.8 Å². The van der Waals surface area contributed by atoms with Gasteiger partial charge in [0.1, 0.15) is 0 Å². The second-order valence-electron chi connectivity index (χ2n) is 12.5. The van der Waals surface area contributed by atoms with Crippen molar-refractivity contribution in [2.24, 2.45) is 0 Å². The Morgan fingerprint density at radius 3 is 1.61 bits per heavy atom. The third kappa shape index (κ3) is 7.46. The molecule has 2 aliphatic rings. The van der Waals surface area contributed by atoms with Gasteiger partial charge in [-0.25, -0.2) is 4.39 Å². The molecule has 2 aromatic rings. The first-order valence-corrected chi connectivity index (χ1v) is 15.4. The molecule has 1 saturated carbocycles. The fraction of sp³-hybridized carbons (Fsp3) is 0.567. The normalized spacial score (nSPS) is 20.9. The van der Waals surface area contributed by atoms with Crippen molar-refractivity contribution in [3.05, 3.63) is 64.7 Å². The molecule has 14 heteroatoms. The number of phenolic OH excluding ortho intramolecular Hbond substituents is 1. The molecule has 0 radical (unpaired) electrons. The third-order valence-electron chi connectivity index (χ3n) is 7.79. The van der Waals surface area contributed by atoms with Gasteiger partial charge in [0.2, 0.25) is 0 Å². The average molecular weight is 688 g/mol. The number of rotatable bonds is 4. The smallest absolute Gasteiger partial charge is 0.333 e. The Bertz CT molecular complexity index is 1280. The van der Waals surface area contributed by atoms with Gasteiger partial charge in [-0.05, 0) is 0 Å². The summed E-state index contributed by atoms with van der Waals surface area (Å²) < 4.78 is 111. The van der Waals surface area contributed by atoms with Crippen LogP contribution in [0.4, 0.5) is 39.5 Å². The molecule has 4 N–H and O–H groups in total. The summed E-state index contributed by atoms with van der Waals surface area (Å²) in [5.74, 6) is 0.414. The zero-order valence-corrected chi connectivity index (χ0v) is 25.8. The van der Waals surface area contributed by atoms with Crippen molar-refractivity contribution in [3.63, 3.8) is 0 Å². The third-order valence-corrected chi connectivity index (χ3v) is 9.83. The molecule has 4 nitrogen and oxygen atoms in total. The Morgan fingerprint density at radius 2 is 1.23 bits per heavy atom. The first-order valence-electron chi connectivity index (χ1n) is 13.8. The molecule has 2 unspecified atom stereocenters. The fourth-order valence-corrected chi connectivity index (χ4v) is 7.33. The van der Waals surface area contributed by atoms with Crippen molar-refractivity contribution in [3.8, 4) is 5.75 Å². The van der Waals surface area contributed by atoms with Crippen molar-refractivity contribution in [1.29, 1.82) is 0 Å². The van der Waals surface area contributed by atoms with Crippen LogP contribution in [-0.2, 0) is 24.5 Å². The predicted octanol–water partition coefficient (Wildman–Crippen LogP) is 7.52. The van der Waals surface area contributed by atoms with Crippen LogP contribution in [0.2, 0.25) is 0 Å². The van der Waals surface area contributed by atoms with Gasteiger partial charge in [-0.1, -0.05) is 0 Å². The molecule has 1 heterocycles. The number of aliphatic hydroxyl groups is 1. The van der Waals surface area contributed by atoms with Gasteiger partial charge in [0.15, 0.2) is 0 Å². The summed E-state index contributed by atoms with van der Waals surface area (Å²) in [6, 6.07) is 16.1. The molecule has 4 rings (SSSR count). The molecule has 0 spiro atoms. The van der Waals surface area contributed by atoms with Crippen LogP contribution in [0.5, 0.6) is 5.75 Å². The number of aromatic hydroxyl groups is 1. The first kappa shape index (κ1) is 36.3. The van der Waals surface area contributed by atoms with Gasteiger partial charge >= 0.3 is 210 Å². The van der Waals surface area contributed by atoms with Gasteiger partial charge in [-0.15, -0.1) is 0 Å². The van der Waals surface area contributed by atoms with E-state index in [0.717, 1.165) is 11.1 Å². The van der Waals surface area contributed by atoms with Crippen LogP contribution in [0.25, 0.3) is 0 Å². The number of fused-ring (bicyclic) bond motifs is 1.